The molecule has 18 heavy (non-hydrogen) atoms. The van der Waals surface area contributed by atoms with Crippen LogP contribution in [-0.2, 0) is 0 Å². The van der Waals surface area contributed by atoms with Gasteiger partial charge in [-0.2, -0.15) is 0 Å². The molecule has 0 saturated carbocycles. The normalized spacial score (nSPS) is 24.1. The Balaban J connectivity index is 2.19. The molecule has 1 aliphatic rings. The van der Waals surface area contributed by atoms with Crippen LogP contribution < -0.4 is 0 Å². The standard InChI is InChI=1S/C14H17BrFNO/c1-9-3-4-13(16)11(7-9)14(18)17-6-5-12(15)10(2)8-17/h3-4,7,10,12H,5-6,8H2,1-2H3. The number of hydrogen-bond acceptors (Lipinski definition) is 1. The molecule has 1 saturated heterocycles. The van der Waals surface area contributed by atoms with Gasteiger partial charge in [-0.1, -0.05) is 34.5 Å². The fraction of sp³-hybridized carbons (Fsp3) is 0.500. The first-order valence-electron chi connectivity index (χ1n) is 6.18. The summed E-state index contributed by atoms with van der Waals surface area (Å²) in [6, 6.07) is 4.67. The zero-order chi connectivity index (χ0) is 13.3. The van der Waals surface area contributed by atoms with Gasteiger partial charge in [0.1, 0.15) is 5.82 Å². The van der Waals surface area contributed by atoms with Gasteiger partial charge in [0.25, 0.3) is 5.91 Å². The second-order valence-corrected chi connectivity index (χ2v) is 6.19. The van der Waals surface area contributed by atoms with Crippen LogP contribution in [0.15, 0.2) is 18.2 Å². The van der Waals surface area contributed by atoms with Crippen molar-refractivity contribution < 1.29 is 9.18 Å². The third-order valence-electron chi connectivity index (χ3n) is 3.44. The van der Waals surface area contributed by atoms with Gasteiger partial charge in [-0.15, -0.1) is 0 Å². The monoisotopic (exact) mass is 313 g/mol. The topological polar surface area (TPSA) is 20.3 Å². The smallest absolute Gasteiger partial charge is 0.256 e. The van der Waals surface area contributed by atoms with Crippen molar-refractivity contribution in [3.8, 4) is 0 Å². The van der Waals surface area contributed by atoms with Crippen LogP contribution in [0.1, 0.15) is 29.3 Å². The molecular weight excluding hydrogens is 297 g/mol. The van der Waals surface area contributed by atoms with Gasteiger partial charge in [-0.05, 0) is 31.4 Å². The highest BCUT2D eigenvalue weighted by atomic mass is 79.9. The summed E-state index contributed by atoms with van der Waals surface area (Å²) in [6.07, 6.45) is 0.917. The minimum absolute atomic E-state index is 0.190. The molecule has 0 aliphatic carbocycles. The highest BCUT2D eigenvalue weighted by Gasteiger charge is 2.28. The molecule has 2 atom stereocenters. The number of nitrogens with zero attached hydrogens (tertiary/aromatic N) is 1. The number of benzene rings is 1. The average Bonchev–Trinajstić information content (AvgIpc) is 2.35. The lowest BCUT2D eigenvalue weighted by Crippen LogP contribution is -2.43. The first kappa shape index (κ1) is 13.5. The van der Waals surface area contributed by atoms with E-state index in [1.54, 1.807) is 17.0 Å². The van der Waals surface area contributed by atoms with E-state index in [0.717, 1.165) is 12.0 Å². The van der Waals surface area contributed by atoms with Crippen LogP contribution in [0.4, 0.5) is 4.39 Å². The highest BCUT2D eigenvalue weighted by Crippen LogP contribution is 2.25. The van der Waals surface area contributed by atoms with E-state index in [2.05, 4.69) is 22.9 Å². The molecule has 1 fully saturated rings. The van der Waals surface area contributed by atoms with Crippen molar-refractivity contribution >= 4 is 21.8 Å². The molecule has 0 aromatic heterocycles. The third kappa shape index (κ3) is 2.74. The fourth-order valence-electron chi connectivity index (χ4n) is 2.27. The highest BCUT2D eigenvalue weighted by molar-refractivity contribution is 9.09. The Labute approximate surface area is 115 Å². The lowest BCUT2D eigenvalue weighted by atomic mass is 9.99. The molecule has 0 spiro atoms. The largest absolute Gasteiger partial charge is 0.338 e. The summed E-state index contributed by atoms with van der Waals surface area (Å²) in [7, 11) is 0. The van der Waals surface area contributed by atoms with Crippen LogP contribution in [0.3, 0.4) is 0 Å². The van der Waals surface area contributed by atoms with E-state index in [0.29, 0.717) is 23.8 Å². The fourth-order valence-corrected chi connectivity index (χ4v) is 2.65. The molecule has 1 heterocycles. The minimum Gasteiger partial charge on any atom is -0.338 e. The van der Waals surface area contributed by atoms with Gasteiger partial charge in [0.05, 0.1) is 5.56 Å². The van der Waals surface area contributed by atoms with Crippen LogP contribution in [-0.4, -0.2) is 28.7 Å². The third-order valence-corrected chi connectivity index (χ3v) is 4.80. The minimum atomic E-state index is -0.431. The molecule has 4 heteroatoms. The second-order valence-electron chi connectivity index (χ2n) is 5.02. The summed E-state index contributed by atoms with van der Waals surface area (Å²) in [5.41, 5.74) is 1.10. The second kappa shape index (κ2) is 5.39. The molecule has 1 aromatic rings. The van der Waals surface area contributed by atoms with Crippen molar-refractivity contribution in [2.24, 2.45) is 5.92 Å². The van der Waals surface area contributed by atoms with E-state index < -0.39 is 5.82 Å². The number of rotatable bonds is 1. The zero-order valence-electron chi connectivity index (χ0n) is 10.6. The van der Waals surface area contributed by atoms with E-state index in [9.17, 15) is 9.18 Å². The van der Waals surface area contributed by atoms with E-state index in [-0.39, 0.29) is 11.5 Å². The maximum absolute atomic E-state index is 13.7. The number of carbonyl (C=O) groups is 1. The van der Waals surface area contributed by atoms with Gasteiger partial charge >= 0.3 is 0 Å². The molecule has 1 amide bonds. The molecule has 98 valence electrons. The Morgan fingerprint density at radius 1 is 1.50 bits per heavy atom. The van der Waals surface area contributed by atoms with Crippen molar-refractivity contribution in [2.75, 3.05) is 13.1 Å². The number of aryl methyl sites for hydroxylation is 1. The van der Waals surface area contributed by atoms with Crippen molar-refractivity contribution in [1.29, 1.82) is 0 Å². The summed E-state index contributed by atoms with van der Waals surface area (Å²) in [6.45, 7) is 5.34. The van der Waals surface area contributed by atoms with Crippen LogP contribution >= 0.6 is 15.9 Å². The van der Waals surface area contributed by atoms with Gasteiger partial charge in [-0.3, -0.25) is 4.79 Å². The Kier molecular flexibility index (Phi) is 4.05. The number of alkyl halides is 1. The van der Waals surface area contributed by atoms with E-state index in [1.807, 2.05) is 6.92 Å². The number of hydrogen-bond donors (Lipinski definition) is 0. The van der Waals surface area contributed by atoms with E-state index in [1.165, 1.54) is 6.07 Å². The molecule has 1 aliphatic heterocycles. The lowest BCUT2D eigenvalue weighted by Gasteiger charge is -2.34. The predicted molar refractivity (Wildman–Crippen MR) is 73.5 cm³/mol. The quantitative estimate of drug-likeness (QED) is 0.728. The van der Waals surface area contributed by atoms with E-state index >= 15 is 0 Å². The molecular formula is C14H17BrFNO. The number of carbonyl (C=O) groups excluding carboxylic acids is 1. The summed E-state index contributed by atoms with van der Waals surface area (Å²) in [5.74, 6) is -0.225. The SMILES string of the molecule is Cc1ccc(F)c(C(=O)N2CCC(Br)C(C)C2)c1. The van der Waals surface area contributed by atoms with Gasteiger partial charge in [0, 0.05) is 17.9 Å². The zero-order valence-corrected chi connectivity index (χ0v) is 12.2. The molecule has 2 nitrogen and oxygen atoms in total. The Hall–Kier alpha value is -0.900. The molecule has 0 bridgehead atoms. The van der Waals surface area contributed by atoms with E-state index in [4.69, 9.17) is 0 Å². The summed E-state index contributed by atoms with van der Waals surface area (Å²) in [5, 5.41) is 0. The summed E-state index contributed by atoms with van der Waals surface area (Å²) in [4.78, 5) is 14.5. The lowest BCUT2D eigenvalue weighted by molar-refractivity contribution is 0.0685. The van der Waals surface area contributed by atoms with Crippen molar-refractivity contribution in [2.45, 2.75) is 25.1 Å². The van der Waals surface area contributed by atoms with Crippen molar-refractivity contribution in [1.82, 2.24) is 4.90 Å². The van der Waals surface area contributed by atoms with Gasteiger partial charge in [0.15, 0.2) is 0 Å². The molecule has 0 radical (unpaired) electrons. The van der Waals surface area contributed by atoms with Crippen molar-refractivity contribution in [3.63, 3.8) is 0 Å². The van der Waals surface area contributed by atoms with Gasteiger partial charge in [-0.25, -0.2) is 4.39 Å². The first-order valence-corrected chi connectivity index (χ1v) is 7.10. The average molecular weight is 314 g/mol. The van der Waals surface area contributed by atoms with Gasteiger partial charge < -0.3 is 4.90 Å². The Morgan fingerprint density at radius 3 is 2.89 bits per heavy atom. The molecule has 2 unspecified atom stereocenters. The maximum atomic E-state index is 13.7. The van der Waals surface area contributed by atoms with Crippen molar-refractivity contribution in [3.05, 3.63) is 35.1 Å². The Bertz CT molecular complexity index is 463. The summed E-state index contributed by atoms with van der Waals surface area (Å²) < 4.78 is 13.7. The number of halogens is 2. The van der Waals surface area contributed by atoms with Crippen LogP contribution in [0.2, 0.25) is 0 Å². The Morgan fingerprint density at radius 2 is 2.22 bits per heavy atom. The van der Waals surface area contributed by atoms with Gasteiger partial charge in [0.2, 0.25) is 0 Å². The predicted octanol–water partition coefficient (Wildman–Crippen LogP) is 3.38. The molecule has 0 N–H and O–H groups in total. The number of amides is 1. The number of likely N-dealkylation sites (tertiary alicyclic amines) is 1. The summed E-state index contributed by atoms with van der Waals surface area (Å²) >= 11 is 3.60. The maximum Gasteiger partial charge on any atom is 0.256 e. The first-order chi connectivity index (χ1) is 8.49. The van der Waals surface area contributed by atoms with Crippen LogP contribution in [0.25, 0.3) is 0 Å². The van der Waals surface area contributed by atoms with Crippen LogP contribution in [0.5, 0.6) is 0 Å². The van der Waals surface area contributed by atoms with Crippen LogP contribution in [0, 0.1) is 18.7 Å². The molecule has 1 aromatic carbocycles. The number of piperidine rings is 1. The molecule has 2 rings (SSSR count).